The number of methoxy groups -OCH3 is 1. The molecule has 1 fully saturated rings. The van der Waals surface area contributed by atoms with Crippen molar-refractivity contribution < 1.29 is 14.2 Å². The zero-order chi connectivity index (χ0) is 13.3. The number of halogens is 1. The van der Waals surface area contributed by atoms with Crippen molar-refractivity contribution in [1.29, 1.82) is 0 Å². The lowest BCUT2D eigenvalue weighted by molar-refractivity contribution is -0.0773. The minimum absolute atomic E-state index is 0.0709. The van der Waals surface area contributed by atoms with Gasteiger partial charge in [0.2, 0.25) is 0 Å². The zero-order valence-corrected chi connectivity index (χ0v) is 12.7. The van der Waals surface area contributed by atoms with Gasteiger partial charge in [-0.1, -0.05) is 22.0 Å². The molecule has 3 rings (SSSR count). The van der Waals surface area contributed by atoms with E-state index in [0.29, 0.717) is 18.0 Å². The molecule has 0 amide bonds. The van der Waals surface area contributed by atoms with Crippen LogP contribution in [0.1, 0.15) is 36.1 Å². The minimum atomic E-state index is 0.0709. The monoisotopic (exact) mass is 326 g/mol. The Morgan fingerprint density at radius 1 is 1.26 bits per heavy atom. The van der Waals surface area contributed by atoms with E-state index in [9.17, 15) is 0 Å². The number of benzene rings is 1. The van der Waals surface area contributed by atoms with Crippen molar-refractivity contribution in [2.45, 2.75) is 36.1 Å². The van der Waals surface area contributed by atoms with Crippen molar-refractivity contribution in [3.05, 3.63) is 23.8 Å². The fourth-order valence-electron chi connectivity index (χ4n) is 2.76. The summed E-state index contributed by atoms with van der Waals surface area (Å²) in [7, 11) is 1.82. The van der Waals surface area contributed by atoms with Gasteiger partial charge < -0.3 is 14.2 Å². The second-order valence-electron chi connectivity index (χ2n) is 5.32. The Morgan fingerprint density at radius 3 is 2.63 bits per heavy atom. The molecule has 1 aliphatic heterocycles. The summed E-state index contributed by atoms with van der Waals surface area (Å²) in [4.78, 5) is 0.295. The summed E-state index contributed by atoms with van der Waals surface area (Å²) < 4.78 is 16.9. The zero-order valence-electron chi connectivity index (χ0n) is 11.2. The molecule has 19 heavy (non-hydrogen) atoms. The highest BCUT2D eigenvalue weighted by molar-refractivity contribution is 9.09. The number of hydrogen-bond acceptors (Lipinski definition) is 3. The van der Waals surface area contributed by atoms with Gasteiger partial charge in [0.1, 0.15) is 13.2 Å². The van der Waals surface area contributed by atoms with Crippen molar-refractivity contribution in [3.8, 4) is 11.5 Å². The van der Waals surface area contributed by atoms with Crippen molar-refractivity contribution in [1.82, 2.24) is 0 Å². The Balaban J connectivity index is 1.74. The maximum atomic E-state index is 5.69. The Hall–Kier alpha value is -0.740. The van der Waals surface area contributed by atoms with Gasteiger partial charge in [-0.05, 0) is 43.4 Å². The third kappa shape index (κ3) is 2.61. The van der Waals surface area contributed by atoms with Gasteiger partial charge in [-0.25, -0.2) is 0 Å². The van der Waals surface area contributed by atoms with Gasteiger partial charge in [-0.3, -0.25) is 0 Å². The molecular weight excluding hydrogens is 308 g/mol. The van der Waals surface area contributed by atoms with E-state index < -0.39 is 0 Å². The van der Waals surface area contributed by atoms with Gasteiger partial charge in [0.15, 0.2) is 11.5 Å². The summed E-state index contributed by atoms with van der Waals surface area (Å²) in [6, 6.07) is 6.18. The summed E-state index contributed by atoms with van der Waals surface area (Å²) in [6.07, 6.45) is 4.60. The number of alkyl halides is 1. The first kappa shape index (κ1) is 13.3. The summed E-state index contributed by atoms with van der Waals surface area (Å²) in [6.45, 7) is 1.27. The average molecular weight is 327 g/mol. The summed E-state index contributed by atoms with van der Waals surface area (Å²) in [5, 5.41) is 0. The van der Waals surface area contributed by atoms with Crippen molar-refractivity contribution in [2.24, 2.45) is 0 Å². The molecule has 1 aromatic rings. The molecule has 3 nitrogen and oxygen atoms in total. The van der Waals surface area contributed by atoms with Gasteiger partial charge in [0.25, 0.3) is 0 Å². The van der Waals surface area contributed by atoms with E-state index in [-0.39, 0.29) is 5.60 Å². The molecule has 0 aromatic heterocycles. The quantitative estimate of drug-likeness (QED) is 0.786. The van der Waals surface area contributed by atoms with Crippen molar-refractivity contribution >= 4 is 15.9 Å². The van der Waals surface area contributed by atoms with Crippen LogP contribution in [-0.2, 0) is 4.74 Å². The molecule has 0 radical (unpaired) electrons. The van der Waals surface area contributed by atoms with E-state index in [1.165, 1.54) is 12.0 Å². The third-order valence-electron chi connectivity index (χ3n) is 4.18. The summed E-state index contributed by atoms with van der Waals surface area (Å²) in [5.74, 6) is 1.70. The molecule has 104 valence electrons. The summed E-state index contributed by atoms with van der Waals surface area (Å²) in [5.41, 5.74) is 1.30. The van der Waals surface area contributed by atoms with E-state index >= 15 is 0 Å². The first-order chi connectivity index (χ1) is 9.22. The first-order valence-corrected chi connectivity index (χ1v) is 7.73. The van der Waals surface area contributed by atoms with Crippen LogP contribution in [0.4, 0.5) is 0 Å². The van der Waals surface area contributed by atoms with E-state index in [4.69, 9.17) is 14.2 Å². The van der Waals surface area contributed by atoms with Crippen LogP contribution in [0.3, 0.4) is 0 Å². The fourth-order valence-corrected chi connectivity index (χ4v) is 3.64. The normalized spacial score (nSPS) is 21.6. The largest absolute Gasteiger partial charge is 0.486 e. The molecule has 0 saturated heterocycles. The molecule has 1 unspecified atom stereocenters. The Bertz CT molecular complexity index is 451. The lowest BCUT2D eigenvalue weighted by Crippen LogP contribution is -2.39. The van der Waals surface area contributed by atoms with Gasteiger partial charge in [0.05, 0.1) is 5.60 Å². The number of hydrogen-bond donors (Lipinski definition) is 0. The number of ether oxygens (including phenoxy) is 3. The summed E-state index contributed by atoms with van der Waals surface area (Å²) >= 11 is 3.79. The maximum Gasteiger partial charge on any atom is 0.161 e. The molecule has 0 spiro atoms. The molecule has 1 saturated carbocycles. The third-order valence-corrected chi connectivity index (χ3v) is 5.03. The van der Waals surface area contributed by atoms with Crippen molar-refractivity contribution in [2.75, 3.05) is 20.3 Å². The Morgan fingerprint density at radius 2 is 2.00 bits per heavy atom. The molecular formula is C15H19BrO3. The van der Waals surface area contributed by atoms with Gasteiger partial charge in [-0.2, -0.15) is 0 Å². The standard InChI is InChI=1S/C15H19BrO3/c1-17-15(5-2-6-15)10-12(16)11-3-4-13-14(9-11)19-8-7-18-13/h3-4,9,12H,2,5-8,10H2,1H3. The molecule has 1 aliphatic carbocycles. The minimum Gasteiger partial charge on any atom is -0.486 e. The van der Waals surface area contributed by atoms with Crippen LogP contribution in [0, 0.1) is 0 Å². The fraction of sp³-hybridized carbons (Fsp3) is 0.600. The number of fused-ring (bicyclic) bond motifs is 1. The van der Waals surface area contributed by atoms with Crippen LogP contribution in [0.15, 0.2) is 18.2 Å². The molecule has 4 heteroatoms. The van der Waals surface area contributed by atoms with E-state index in [2.05, 4.69) is 28.1 Å². The molecule has 1 heterocycles. The topological polar surface area (TPSA) is 27.7 Å². The van der Waals surface area contributed by atoms with Crippen LogP contribution in [0.25, 0.3) is 0 Å². The highest BCUT2D eigenvalue weighted by atomic mass is 79.9. The highest BCUT2D eigenvalue weighted by Gasteiger charge is 2.38. The average Bonchev–Trinajstić information content (AvgIpc) is 2.42. The SMILES string of the molecule is COC1(CC(Br)c2ccc3c(c2)OCCO3)CCC1. The van der Waals surface area contributed by atoms with E-state index in [0.717, 1.165) is 30.8 Å². The van der Waals surface area contributed by atoms with Gasteiger partial charge in [0, 0.05) is 11.9 Å². The van der Waals surface area contributed by atoms with Crippen LogP contribution in [0.2, 0.25) is 0 Å². The van der Waals surface area contributed by atoms with Gasteiger partial charge in [-0.15, -0.1) is 0 Å². The van der Waals surface area contributed by atoms with Crippen LogP contribution < -0.4 is 9.47 Å². The Kier molecular flexibility index (Phi) is 3.72. The smallest absolute Gasteiger partial charge is 0.161 e. The lowest BCUT2D eigenvalue weighted by Gasteiger charge is -2.42. The van der Waals surface area contributed by atoms with E-state index in [1.54, 1.807) is 0 Å². The van der Waals surface area contributed by atoms with Crippen LogP contribution in [0.5, 0.6) is 11.5 Å². The van der Waals surface area contributed by atoms with Crippen molar-refractivity contribution in [3.63, 3.8) is 0 Å². The maximum absolute atomic E-state index is 5.69. The van der Waals surface area contributed by atoms with Crippen LogP contribution >= 0.6 is 15.9 Å². The second-order valence-corrected chi connectivity index (χ2v) is 6.42. The van der Waals surface area contributed by atoms with E-state index in [1.807, 2.05) is 13.2 Å². The van der Waals surface area contributed by atoms with Gasteiger partial charge >= 0.3 is 0 Å². The first-order valence-electron chi connectivity index (χ1n) is 6.81. The molecule has 2 aliphatic rings. The highest BCUT2D eigenvalue weighted by Crippen LogP contribution is 2.45. The predicted octanol–water partition coefficient (Wildman–Crippen LogP) is 3.85. The van der Waals surface area contributed by atoms with Crippen LogP contribution in [-0.4, -0.2) is 25.9 Å². The Labute approximate surface area is 122 Å². The molecule has 0 bridgehead atoms. The molecule has 0 N–H and O–H groups in total. The number of rotatable bonds is 4. The molecule has 1 aromatic carbocycles. The molecule has 1 atom stereocenters. The predicted molar refractivity (Wildman–Crippen MR) is 77.3 cm³/mol. The second kappa shape index (κ2) is 5.33. The lowest BCUT2D eigenvalue weighted by atomic mass is 9.76.